The van der Waals surface area contributed by atoms with Gasteiger partial charge in [-0.1, -0.05) is 0 Å². The molecule has 0 aliphatic carbocycles. The van der Waals surface area contributed by atoms with Gasteiger partial charge in [0.05, 0.1) is 20.0 Å². The molecule has 0 atom stereocenters. The van der Waals surface area contributed by atoms with Crippen LogP contribution < -0.4 is 9.47 Å². The van der Waals surface area contributed by atoms with Gasteiger partial charge in [-0.15, -0.1) is 0 Å². The molecule has 7 heteroatoms. The first-order chi connectivity index (χ1) is 7.37. The van der Waals surface area contributed by atoms with Crippen molar-refractivity contribution in [2.24, 2.45) is 0 Å². The number of rotatable bonds is 4. The van der Waals surface area contributed by atoms with Gasteiger partial charge in [0, 0.05) is 10.7 Å². The Morgan fingerprint density at radius 1 is 1.31 bits per heavy atom. The molecule has 1 rings (SSSR count). The van der Waals surface area contributed by atoms with Gasteiger partial charge in [0.1, 0.15) is 0 Å². The summed E-state index contributed by atoms with van der Waals surface area (Å²) in [7, 11) is 3.96. The molecule has 0 radical (unpaired) electrons. The van der Waals surface area contributed by atoms with E-state index in [9.17, 15) is 12.8 Å². The van der Waals surface area contributed by atoms with E-state index in [0.29, 0.717) is 0 Å². The molecule has 0 heterocycles. The van der Waals surface area contributed by atoms with E-state index in [1.165, 1.54) is 20.3 Å². The van der Waals surface area contributed by atoms with Gasteiger partial charge >= 0.3 is 0 Å². The molecule has 0 spiro atoms. The highest BCUT2D eigenvalue weighted by atomic mass is 35.7. The minimum absolute atomic E-state index is 0.0711. The Balaban J connectivity index is 3.20. The molecule has 0 aliphatic heterocycles. The zero-order valence-corrected chi connectivity index (χ0v) is 10.2. The predicted octanol–water partition coefficient (Wildman–Crippen LogP) is 1.91. The third-order valence-electron chi connectivity index (χ3n) is 1.83. The van der Waals surface area contributed by atoms with Crippen molar-refractivity contribution in [3.8, 4) is 11.5 Å². The summed E-state index contributed by atoms with van der Waals surface area (Å²) in [5, 5.41) is 0. The van der Waals surface area contributed by atoms with Crippen molar-refractivity contribution in [2.75, 3.05) is 14.2 Å². The molecular formula is C9H10ClFO4S. The van der Waals surface area contributed by atoms with Crippen molar-refractivity contribution in [1.82, 2.24) is 0 Å². The maximum Gasteiger partial charge on any atom is 0.236 e. The summed E-state index contributed by atoms with van der Waals surface area (Å²) in [6.07, 6.45) is 0. The molecule has 0 aliphatic rings. The van der Waals surface area contributed by atoms with Crippen molar-refractivity contribution in [2.45, 2.75) is 5.75 Å². The number of hydrogen-bond acceptors (Lipinski definition) is 4. The van der Waals surface area contributed by atoms with E-state index < -0.39 is 20.6 Å². The third-order valence-corrected chi connectivity index (χ3v) is 2.84. The molecule has 16 heavy (non-hydrogen) atoms. The first-order valence-electron chi connectivity index (χ1n) is 4.20. The van der Waals surface area contributed by atoms with Crippen LogP contribution in [-0.2, 0) is 14.8 Å². The Kier molecular flexibility index (Phi) is 3.98. The molecule has 0 amide bonds. The van der Waals surface area contributed by atoms with Crippen LogP contribution in [0.2, 0.25) is 0 Å². The lowest BCUT2D eigenvalue weighted by molar-refractivity contribution is 0.337. The van der Waals surface area contributed by atoms with Crippen molar-refractivity contribution >= 4 is 19.7 Å². The maximum atomic E-state index is 13.4. The van der Waals surface area contributed by atoms with Gasteiger partial charge in [-0.3, -0.25) is 0 Å². The van der Waals surface area contributed by atoms with Gasteiger partial charge in [0.2, 0.25) is 9.05 Å². The van der Waals surface area contributed by atoms with E-state index in [2.05, 4.69) is 0 Å². The molecule has 90 valence electrons. The summed E-state index contributed by atoms with van der Waals surface area (Å²) in [5.74, 6) is -1.11. The van der Waals surface area contributed by atoms with Crippen molar-refractivity contribution in [3.63, 3.8) is 0 Å². The average Bonchev–Trinajstić information content (AvgIpc) is 2.14. The van der Waals surface area contributed by atoms with Crippen LogP contribution >= 0.6 is 10.7 Å². The SMILES string of the molecule is COc1cc(CS(=O)(=O)Cl)cc(F)c1OC. The monoisotopic (exact) mass is 268 g/mol. The van der Waals surface area contributed by atoms with E-state index in [1.54, 1.807) is 0 Å². The molecule has 1 aromatic carbocycles. The highest BCUT2D eigenvalue weighted by molar-refractivity contribution is 8.13. The van der Waals surface area contributed by atoms with E-state index in [0.717, 1.165) is 6.07 Å². The molecular weight excluding hydrogens is 259 g/mol. The van der Waals surface area contributed by atoms with Crippen LogP contribution in [0.25, 0.3) is 0 Å². The van der Waals surface area contributed by atoms with Gasteiger partial charge in [-0.2, -0.15) is 0 Å². The molecule has 0 bridgehead atoms. The summed E-state index contributed by atoms with van der Waals surface area (Å²) >= 11 is 0. The molecule has 0 fully saturated rings. The Bertz CT molecular complexity index is 487. The number of ether oxygens (including phenoxy) is 2. The Hall–Kier alpha value is -1.01. The predicted molar refractivity (Wildman–Crippen MR) is 58.0 cm³/mol. The van der Waals surface area contributed by atoms with Crippen molar-refractivity contribution < 1.29 is 22.3 Å². The number of halogens is 2. The van der Waals surface area contributed by atoms with E-state index >= 15 is 0 Å². The Labute approximate surface area is 97.4 Å². The lowest BCUT2D eigenvalue weighted by atomic mass is 10.2. The van der Waals surface area contributed by atoms with Gasteiger partial charge in [0.25, 0.3) is 0 Å². The first-order valence-corrected chi connectivity index (χ1v) is 6.68. The van der Waals surface area contributed by atoms with Crippen LogP contribution in [0.4, 0.5) is 4.39 Å². The topological polar surface area (TPSA) is 52.6 Å². The summed E-state index contributed by atoms with van der Waals surface area (Å²) < 4.78 is 44.7. The molecule has 0 saturated heterocycles. The fourth-order valence-electron chi connectivity index (χ4n) is 1.25. The zero-order valence-electron chi connectivity index (χ0n) is 8.66. The number of benzene rings is 1. The van der Waals surface area contributed by atoms with Crippen molar-refractivity contribution in [3.05, 3.63) is 23.5 Å². The lowest BCUT2D eigenvalue weighted by Gasteiger charge is -2.10. The third kappa shape index (κ3) is 3.24. The summed E-state index contributed by atoms with van der Waals surface area (Å²) in [4.78, 5) is 0. The van der Waals surface area contributed by atoms with Crippen LogP contribution in [-0.4, -0.2) is 22.6 Å². The van der Waals surface area contributed by atoms with Gasteiger partial charge in [-0.25, -0.2) is 12.8 Å². The zero-order chi connectivity index (χ0) is 12.3. The van der Waals surface area contributed by atoms with Gasteiger partial charge < -0.3 is 9.47 Å². The largest absolute Gasteiger partial charge is 0.493 e. The van der Waals surface area contributed by atoms with Crippen LogP contribution in [0.5, 0.6) is 11.5 Å². The molecule has 0 aromatic heterocycles. The molecule has 0 unspecified atom stereocenters. The summed E-state index contributed by atoms with van der Waals surface area (Å²) in [6, 6.07) is 2.41. The second-order valence-electron chi connectivity index (χ2n) is 3.00. The Morgan fingerprint density at radius 3 is 2.38 bits per heavy atom. The van der Waals surface area contributed by atoms with E-state index in [4.69, 9.17) is 20.2 Å². The first kappa shape index (κ1) is 13.1. The fraction of sp³-hybridized carbons (Fsp3) is 0.333. The normalized spacial score (nSPS) is 11.2. The van der Waals surface area contributed by atoms with E-state index in [1.807, 2.05) is 0 Å². The van der Waals surface area contributed by atoms with Crippen LogP contribution in [0.3, 0.4) is 0 Å². The minimum Gasteiger partial charge on any atom is -0.493 e. The minimum atomic E-state index is -3.73. The maximum absolute atomic E-state index is 13.4. The van der Waals surface area contributed by atoms with E-state index in [-0.39, 0.29) is 17.1 Å². The standard InChI is InChI=1S/C9H10ClFO4S/c1-14-8-4-6(5-16(10,12)13)3-7(11)9(8)15-2/h3-4H,5H2,1-2H3. The smallest absolute Gasteiger partial charge is 0.236 e. The van der Waals surface area contributed by atoms with Crippen LogP contribution in [0.15, 0.2) is 12.1 Å². The second-order valence-corrected chi connectivity index (χ2v) is 5.77. The van der Waals surface area contributed by atoms with Crippen LogP contribution in [0.1, 0.15) is 5.56 Å². The summed E-state index contributed by atoms with van der Waals surface area (Å²) in [6.45, 7) is 0. The quantitative estimate of drug-likeness (QED) is 0.783. The molecule has 0 saturated carbocycles. The van der Waals surface area contributed by atoms with Gasteiger partial charge in [-0.05, 0) is 17.7 Å². The fourth-order valence-corrected chi connectivity index (χ4v) is 2.20. The van der Waals surface area contributed by atoms with Crippen molar-refractivity contribution in [1.29, 1.82) is 0 Å². The number of hydrogen-bond donors (Lipinski definition) is 0. The average molecular weight is 269 g/mol. The highest BCUT2D eigenvalue weighted by Gasteiger charge is 2.15. The molecule has 0 N–H and O–H groups in total. The highest BCUT2D eigenvalue weighted by Crippen LogP contribution is 2.32. The molecule has 1 aromatic rings. The van der Waals surface area contributed by atoms with Crippen LogP contribution in [0, 0.1) is 5.82 Å². The van der Waals surface area contributed by atoms with Gasteiger partial charge in [0.15, 0.2) is 17.3 Å². The number of methoxy groups -OCH3 is 2. The molecule has 4 nitrogen and oxygen atoms in total. The lowest BCUT2D eigenvalue weighted by Crippen LogP contribution is -1.99. The second kappa shape index (κ2) is 4.88. The summed E-state index contributed by atoms with van der Waals surface area (Å²) in [5.41, 5.74) is 0.199. The Morgan fingerprint density at radius 2 is 1.94 bits per heavy atom.